The maximum absolute atomic E-state index is 11.0. The Hall–Kier alpha value is -1.26. The van der Waals surface area contributed by atoms with E-state index in [1.54, 1.807) is 0 Å². The summed E-state index contributed by atoms with van der Waals surface area (Å²) < 4.78 is 15.7. The molecule has 0 aliphatic carbocycles. The summed E-state index contributed by atoms with van der Waals surface area (Å²) in [6.07, 6.45) is 3.87. The first-order valence-electron chi connectivity index (χ1n) is 7.68. The highest BCUT2D eigenvalue weighted by Crippen LogP contribution is 2.14. The monoisotopic (exact) mass is 328 g/mol. The van der Waals surface area contributed by atoms with Crippen LogP contribution in [0, 0.1) is 0 Å². The zero-order valence-corrected chi connectivity index (χ0v) is 13.9. The Labute approximate surface area is 137 Å². The van der Waals surface area contributed by atoms with Gasteiger partial charge in [-0.05, 0) is 37.0 Å². The molecule has 1 aromatic carbocycles. The second-order valence-corrected chi connectivity index (χ2v) is 5.31. The molecule has 0 unspecified atom stereocenters. The molecule has 0 amide bonds. The maximum atomic E-state index is 11.0. The number of rotatable bonds is 12. The molecule has 0 aromatic heterocycles. The summed E-state index contributed by atoms with van der Waals surface area (Å²) in [7, 11) is 1.41. The number of esters is 1. The molecule has 0 bridgehead atoms. The Bertz CT molecular complexity index is 406. The predicted molar refractivity (Wildman–Crippen MR) is 87.7 cm³/mol. The van der Waals surface area contributed by atoms with Gasteiger partial charge in [0.15, 0.2) is 0 Å². The number of hydrogen-bond acceptors (Lipinski definition) is 4. The number of carbonyl (C=O) groups is 1. The average molecular weight is 329 g/mol. The van der Waals surface area contributed by atoms with Crippen LogP contribution in [0.5, 0.6) is 5.75 Å². The molecule has 0 radical (unpaired) electrons. The van der Waals surface area contributed by atoms with Gasteiger partial charge in [0.25, 0.3) is 0 Å². The second-order valence-electron chi connectivity index (χ2n) is 4.93. The normalized spacial score (nSPS) is 10.5. The summed E-state index contributed by atoms with van der Waals surface area (Å²) >= 11 is 5.56. The fraction of sp³-hybridized carbons (Fsp3) is 0.588. The lowest BCUT2D eigenvalue weighted by Crippen LogP contribution is -2.04. The van der Waals surface area contributed by atoms with Crippen molar-refractivity contribution in [3.63, 3.8) is 0 Å². The van der Waals surface area contributed by atoms with Crippen molar-refractivity contribution in [3.8, 4) is 5.75 Å². The molecule has 0 aliphatic heterocycles. The van der Waals surface area contributed by atoms with Crippen LogP contribution in [0.25, 0.3) is 0 Å². The van der Waals surface area contributed by atoms with E-state index < -0.39 is 0 Å². The SMILES string of the molecule is COC(=O)CCCc1ccc(OCCCOCCCCl)cc1. The van der Waals surface area contributed by atoms with Crippen molar-refractivity contribution in [2.24, 2.45) is 0 Å². The second kappa shape index (κ2) is 12.3. The Kier molecular flexibility index (Phi) is 10.5. The van der Waals surface area contributed by atoms with E-state index in [9.17, 15) is 4.79 Å². The molecule has 0 fully saturated rings. The first-order chi connectivity index (χ1) is 10.8. The minimum Gasteiger partial charge on any atom is -0.494 e. The van der Waals surface area contributed by atoms with Crippen LogP contribution in [0.3, 0.4) is 0 Å². The molecule has 4 nitrogen and oxygen atoms in total. The lowest BCUT2D eigenvalue weighted by molar-refractivity contribution is -0.140. The van der Waals surface area contributed by atoms with Crippen molar-refractivity contribution >= 4 is 17.6 Å². The highest BCUT2D eigenvalue weighted by atomic mass is 35.5. The van der Waals surface area contributed by atoms with E-state index in [-0.39, 0.29) is 5.97 Å². The summed E-state index contributed by atoms with van der Waals surface area (Å²) in [6.45, 7) is 2.05. The Morgan fingerprint density at radius 3 is 2.45 bits per heavy atom. The van der Waals surface area contributed by atoms with Gasteiger partial charge in [-0.3, -0.25) is 4.79 Å². The fourth-order valence-electron chi connectivity index (χ4n) is 1.90. The van der Waals surface area contributed by atoms with Crippen molar-refractivity contribution in [1.29, 1.82) is 0 Å². The van der Waals surface area contributed by atoms with Crippen molar-refractivity contribution in [2.45, 2.75) is 32.1 Å². The van der Waals surface area contributed by atoms with Gasteiger partial charge in [-0.15, -0.1) is 11.6 Å². The van der Waals surface area contributed by atoms with Crippen LogP contribution in [0.1, 0.15) is 31.2 Å². The van der Waals surface area contributed by atoms with Crippen LogP contribution in [0.4, 0.5) is 0 Å². The molecule has 22 heavy (non-hydrogen) atoms. The molecule has 5 heteroatoms. The van der Waals surface area contributed by atoms with E-state index >= 15 is 0 Å². The zero-order valence-electron chi connectivity index (χ0n) is 13.2. The van der Waals surface area contributed by atoms with Crippen molar-refractivity contribution in [3.05, 3.63) is 29.8 Å². The molecule has 0 aliphatic rings. The van der Waals surface area contributed by atoms with E-state index in [4.69, 9.17) is 21.1 Å². The van der Waals surface area contributed by atoms with Crippen LogP contribution < -0.4 is 4.74 Å². The molecule has 0 N–H and O–H groups in total. The smallest absolute Gasteiger partial charge is 0.305 e. The van der Waals surface area contributed by atoms with Gasteiger partial charge in [0.1, 0.15) is 5.75 Å². The molecule has 1 rings (SSSR count). The van der Waals surface area contributed by atoms with Gasteiger partial charge in [0.05, 0.1) is 13.7 Å². The van der Waals surface area contributed by atoms with Gasteiger partial charge in [0.2, 0.25) is 0 Å². The molecule has 1 aromatic rings. The molecule has 124 valence electrons. The molecule has 0 saturated heterocycles. The van der Waals surface area contributed by atoms with Gasteiger partial charge in [-0.2, -0.15) is 0 Å². The number of ether oxygens (including phenoxy) is 3. The van der Waals surface area contributed by atoms with E-state index in [0.717, 1.165) is 31.4 Å². The van der Waals surface area contributed by atoms with Gasteiger partial charge in [-0.1, -0.05) is 12.1 Å². The molecular weight excluding hydrogens is 304 g/mol. The van der Waals surface area contributed by atoms with Crippen molar-refractivity contribution < 1.29 is 19.0 Å². The third-order valence-corrected chi connectivity index (χ3v) is 3.39. The summed E-state index contributed by atoms with van der Waals surface area (Å²) in [5, 5.41) is 0. The quantitative estimate of drug-likeness (QED) is 0.334. The molecule has 0 atom stereocenters. The van der Waals surface area contributed by atoms with E-state index in [1.165, 1.54) is 12.7 Å². The predicted octanol–water partition coefficient (Wildman–Crippen LogP) is 3.60. The largest absolute Gasteiger partial charge is 0.494 e. The minimum absolute atomic E-state index is 0.159. The van der Waals surface area contributed by atoms with Gasteiger partial charge < -0.3 is 14.2 Å². The molecule has 0 saturated carbocycles. The van der Waals surface area contributed by atoms with Crippen LogP contribution in [0.15, 0.2) is 24.3 Å². The fourth-order valence-corrected chi connectivity index (χ4v) is 2.01. The van der Waals surface area contributed by atoms with E-state index in [0.29, 0.717) is 32.1 Å². The van der Waals surface area contributed by atoms with Crippen LogP contribution in [-0.2, 0) is 20.7 Å². The first-order valence-corrected chi connectivity index (χ1v) is 8.22. The minimum atomic E-state index is -0.159. The molecular formula is C17H25ClO4. The summed E-state index contributed by atoms with van der Waals surface area (Å²) in [6, 6.07) is 7.98. The number of aryl methyl sites for hydroxylation is 1. The number of hydrogen-bond donors (Lipinski definition) is 0. The number of carbonyl (C=O) groups excluding carboxylic acids is 1. The summed E-state index contributed by atoms with van der Waals surface area (Å²) in [5.74, 6) is 1.34. The molecule has 0 spiro atoms. The van der Waals surface area contributed by atoms with Crippen LogP contribution >= 0.6 is 11.6 Å². The topological polar surface area (TPSA) is 44.8 Å². The highest BCUT2D eigenvalue weighted by Gasteiger charge is 2.01. The summed E-state index contributed by atoms with van der Waals surface area (Å²) in [4.78, 5) is 11.0. The lowest BCUT2D eigenvalue weighted by atomic mass is 10.1. The average Bonchev–Trinajstić information content (AvgIpc) is 2.55. The highest BCUT2D eigenvalue weighted by molar-refractivity contribution is 6.17. The lowest BCUT2D eigenvalue weighted by Gasteiger charge is -2.08. The Morgan fingerprint density at radius 2 is 1.77 bits per heavy atom. The van der Waals surface area contributed by atoms with E-state index in [1.807, 2.05) is 24.3 Å². The first kappa shape index (κ1) is 18.8. The van der Waals surface area contributed by atoms with Gasteiger partial charge >= 0.3 is 5.97 Å². The maximum Gasteiger partial charge on any atom is 0.305 e. The summed E-state index contributed by atoms with van der Waals surface area (Å²) in [5.41, 5.74) is 1.20. The third-order valence-electron chi connectivity index (χ3n) is 3.12. The number of benzene rings is 1. The van der Waals surface area contributed by atoms with Crippen LogP contribution in [0.2, 0.25) is 0 Å². The number of halogens is 1. The van der Waals surface area contributed by atoms with Gasteiger partial charge in [-0.25, -0.2) is 0 Å². The third kappa shape index (κ3) is 8.90. The van der Waals surface area contributed by atoms with Crippen molar-refractivity contribution in [1.82, 2.24) is 0 Å². The van der Waals surface area contributed by atoms with E-state index in [2.05, 4.69) is 4.74 Å². The molecule has 0 heterocycles. The van der Waals surface area contributed by atoms with Gasteiger partial charge in [0, 0.05) is 31.9 Å². The number of methoxy groups -OCH3 is 1. The van der Waals surface area contributed by atoms with Crippen LogP contribution in [-0.4, -0.2) is 38.8 Å². The standard InChI is InChI=1S/C17H25ClO4/c1-20-17(19)6-2-5-15-7-9-16(10-8-15)22-14-4-13-21-12-3-11-18/h7-10H,2-6,11-14H2,1H3. The Balaban J connectivity index is 2.12. The number of alkyl halides is 1. The zero-order chi connectivity index (χ0) is 16.0. The van der Waals surface area contributed by atoms with Crippen molar-refractivity contribution in [2.75, 3.05) is 32.8 Å². The Morgan fingerprint density at radius 1 is 1.05 bits per heavy atom.